The van der Waals surface area contributed by atoms with Gasteiger partial charge in [0.05, 0.1) is 0 Å². The van der Waals surface area contributed by atoms with Crippen LogP contribution in [-0.4, -0.2) is 17.5 Å². The molecule has 17 heavy (non-hydrogen) atoms. The van der Waals surface area contributed by atoms with Gasteiger partial charge in [-0.1, -0.05) is 19.9 Å². The van der Waals surface area contributed by atoms with Crippen LogP contribution in [0.5, 0.6) is 0 Å². The predicted octanol–water partition coefficient (Wildman–Crippen LogP) is 3.72. The lowest BCUT2D eigenvalue weighted by molar-refractivity contribution is 0.199. The Hall–Kier alpha value is -0.890. The summed E-state index contributed by atoms with van der Waals surface area (Å²) < 4.78 is 13.9. The minimum atomic E-state index is -0.0326. The van der Waals surface area contributed by atoms with Crippen LogP contribution in [0.25, 0.3) is 0 Å². The minimum absolute atomic E-state index is 0.0326. The molecule has 0 bridgehead atoms. The summed E-state index contributed by atoms with van der Waals surface area (Å²) in [6.45, 7) is 10.5. The van der Waals surface area contributed by atoms with Crippen LogP contribution >= 0.6 is 0 Å². The number of nitrogens with zero attached hydrogens (tertiary/aromatic N) is 1. The van der Waals surface area contributed by atoms with Crippen LogP contribution < -0.4 is 0 Å². The van der Waals surface area contributed by atoms with E-state index in [1.165, 1.54) is 11.1 Å². The Morgan fingerprint density at radius 3 is 2.41 bits per heavy atom. The van der Waals surface area contributed by atoms with Gasteiger partial charge < -0.3 is 0 Å². The van der Waals surface area contributed by atoms with E-state index in [9.17, 15) is 4.39 Å². The number of benzene rings is 1. The van der Waals surface area contributed by atoms with Gasteiger partial charge in [0.2, 0.25) is 0 Å². The molecule has 0 N–H and O–H groups in total. The van der Waals surface area contributed by atoms with E-state index in [-0.39, 0.29) is 5.82 Å². The minimum Gasteiger partial charge on any atom is -0.296 e. The third kappa shape index (κ3) is 2.37. The van der Waals surface area contributed by atoms with Crippen molar-refractivity contribution in [3.63, 3.8) is 0 Å². The van der Waals surface area contributed by atoms with Crippen molar-refractivity contribution in [2.75, 3.05) is 6.54 Å². The first kappa shape index (κ1) is 12.6. The number of hydrogen-bond acceptors (Lipinski definition) is 1. The van der Waals surface area contributed by atoms with Gasteiger partial charge in [0.1, 0.15) is 5.82 Å². The second kappa shape index (κ2) is 4.77. The first-order valence-electron chi connectivity index (χ1n) is 6.55. The number of fused-ring (bicyclic) bond motifs is 1. The van der Waals surface area contributed by atoms with Crippen molar-refractivity contribution in [1.82, 2.24) is 4.90 Å². The summed E-state index contributed by atoms with van der Waals surface area (Å²) in [6, 6.07) is 4.09. The van der Waals surface area contributed by atoms with E-state index in [0.717, 1.165) is 25.1 Å². The van der Waals surface area contributed by atoms with Crippen molar-refractivity contribution in [1.29, 1.82) is 0 Å². The summed E-state index contributed by atoms with van der Waals surface area (Å²) in [6.07, 6.45) is 0.985. The highest BCUT2D eigenvalue weighted by Crippen LogP contribution is 2.30. The SMILES string of the molecule is CC(C)c1ccc(F)c2c1CCN(C(C)C)C2. The first-order valence-corrected chi connectivity index (χ1v) is 6.55. The first-order chi connectivity index (χ1) is 8.00. The summed E-state index contributed by atoms with van der Waals surface area (Å²) in [5.74, 6) is 0.449. The average molecular weight is 235 g/mol. The molecule has 1 heterocycles. The molecular weight excluding hydrogens is 213 g/mol. The Morgan fingerprint density at radius 1 is 1.12 bits per heavy atom. The zero-order valence-electron chi connectivity index (χ0n) is 11.3. The number of hydrogen-bond donors (Lipinski definition) is 0. The van der Waals surface area contributed by atoms with Crippen LogP contribution in [0.2, 0.25) is 0 Å². The Balaban J connectivity index is 2.40. The van der Waals surface area contributed by atoms with Crippen molar-refractivity contribution in [3.05, 3.63) is 34.6 Å². The van der Waals surface area contributed by atoms with Crippen LogP contribution in [0.3, 0.4) is 0 Å². The van der Waals surface area contributed by atoms with Gasteiger partial charge in [-0.15, -0.1) is 0 Å². The highest BCUT2D eigenvalue weighted by molar-refractivity contribution is 5.39. The van der Waals surface area contributed by atoms with Gasteiger partial charge >= 0.3 is 0 Å². The van der Waals surface area contributed by atoms with E-state index in [4.69, 9.17) is 0 Å². The van der Waals surface area contributed by atoms with E-state index in [1.54, 1.807) is 6.07 Å². The summed E-state index contributed by atoms with van der Waals surface area (Å²) in [4.78, 5) is 2.34. The molecule has 94 valence electrons. The van der Waals surface area contributed by atoms with Gasteiger partial charge in [0.15, 0.2) is 0 Å². The second-order valence-corrected chi connectivity index (χ2v) is 5.56. The van der Waals surface area contributed by atoms with E-state index in [0.29, 0.717) is 12.0 Å². The van der Waals surface area contributed by atoms with Gasteiger partial charge in [0, 0.05) is 24.7 Å². The normalized spacial score (nSPS) is 16.6. The standard InChI is InChI=1S/C15H22FN/c1-10(2)12-5-6-15(16)14-9-17(11(3)4)8-7-13(12)14/h5-6,10-11H,7-9H2,1-4H3. The molecule has 0 radical (unpaired) electrons. The van der Waals surface area contributed by atoms with Crippen LogP contribution in [0, 0.1) is 5.82 Å². The van der Waals surface area contributed by atoms with Gasteiger partial charge in [-0.2, -0.15) is 0 Å². The molecule has 1 aromatic carbocycles. The molecule has 0 amide bonds. The lowest BCUT2D eigenvalue weighted by Gasteiger charge is -2.33. The number of rotatable bonds is 2. The van der Waals surface area contributed by atoms with E-state index < -0.39 is 0 Å². The average Bonchev–Trinajstić information content (AvgIpc) is 2.28. The lowest BCUT2D eigenvalue weighted by Crippen LogP contribution is -2.36. The predicted molar refractivity (Wildman–Crippen MR) is 69.7 cm³/mol. The van der Waals surface area contributed by atoms with Crippen molar-refractivity contribution in [2.45, 2.75) is 52.6 Å². The summed E-state index contributed by atoms with van der Waals surface area (Å²) >= 11 is 0. The topological polar surface area (TPSA) is 3.24 Å². The molecule has 2 heteroatoms. The summed E-state index contributed by atoms with van der Waals surface area (Å²) in [5, 5.41) is 0. The molecule has 0 fully saturated rings. The maximum absolute atomic E-state index is 13.9. The fourth-order valence-corrected chi connectivity index (χ4v) is 2.67. The molecule has 1 nitrogen and oxygen atoms in total. The van der Waals surface area contributed by atoms with Crippen LogP contribution in [0.4, 0.5) is 4.39 Å². The van der Waals surface area contributed by atoms with Crippen LogP contribution in [0.1, 0.15) is 50.3 Å². The Bertz CT molecular complexity index is 410. The fourth-order valence-electron chi connectivity index (χ4n) is 2.67. The van der Waals surface area contributed by atoms with E-state index in [2.05, 4.69) is 32.6 Å². The molecule has 1 aromatic rings. The van der Waals surface area contributed by atoms with Gasteiger partial charge in [-0.05, 0) is 43.4 Å². The smallest absolute Gasteiger partial charge is 0.127 e. The molecule has 1 aliphatic rings. The molecule has 0 saturated heterocycles. The zero-order chi connectivity index (χ0) is 12.6. The Labute approximate surface area is 104 Å². The highest BCUT2D eigenvalue weighted by atomic mass is 19.1. The van der Waals surface area contributed by atoms with E-state index >= 15 is 0 Å². The lowest BCUT2D eigenvalue weighted by atomic mass is 9.88. The Kier molecular flexibility index (Phi) is 3.53. The maximum atomic E-state index is 13.9. The zero-order valence-corrected chi connectivity index (χ0v) is 11.3. The number of halogens is 1. The molecule has 0 saturated carbocycles. The van der Waals surface area contributed by atoms with Crippen molar-refractivity contribution >= 4 is 0 Å². The molecule has 0 unspecified atom stereocenters. The maximum Gasteiger partial charge on any atom is 0.127 e. The van der Waals surface area contributed by atoms with Gasteiger partial charge in [-0.25, -0.2) is 4.39 Å². The molecule has 0 spiro atoms. The molecule has 2 rings (SSSR count). The highest BCUT2D eigenvalue weighted by Gasteiger charge is 2.23. The largest absolute Gasteiger partial charge is 0.296 e. The van der Waals surface area contributed by atoms with Crippen LogP contribution in [0.15, 0.2) is 12.1 Å². The molecule has 0 aliphatic carbocycles. The van der Waals surface area contributed by atoms with Crippen LogP contribution in [-0.2, 0) is 13.0 Å². The summed E-state index contributed by atoms with van der Waals surface area (Å²) in [7, 11) is 0. The third-order valence-electron chi connectivity index (χ3n) is 3.77. The van der Waals surface area contributed by atoms with Crippen molar-refractivity contribution in [2.24, 2.45) is 0 Å². The van der Waals surface area contributed by atoms with E-state index in [1.807, 2.05) is 6.07 Å². The van der Waals surface area contributed by atoms with Crippen molar-refractivity contribution < 1.29 is 4.39 Å². The van der Waals surface area contributed by atoms with Gasteiger partial charge in [-0.3, -0.25) is 4.90 Å². The quantitative estimate of drug-likeness (QED) is 0.755. The molecule has 0 aromatic heterocycles. The monoisotopic (exact) mass is 235 g/mol. The molecule has 1 aliphatic heterocycles. The van der Waals surface area contributed by atoms with Gasteiger partial charge in [0.25, 0.3) is 0 Å². The fraction of sp³-hybridized carbons (Fsp3) is 0.600. The van der Waals surface area contributed by atoms with Crippen molar-refractivity contribution in [3.8, 4) is 0 Å². The molecule has 0 atom stereocenters. The second-order valence-electron chi connectivity index (χ2n) is 5.56. The summed E-state index contributed by atoms with van der Waals surface area (Å²) in [5.41, 5.74) is 3.51. The Morgan fingerprint density at radius 2 is 1.82 bits per heavy atom. The molecular formula is C15H22FN. The third-order valence-corrected chi connectivity index (χ3v) is 3.77.